The van der Waals surface area contributed by atoms with Crippen molar-refractivity contribution >= 4 is 40.0 Å². The van der Waals surface area contributed by atoms with E-state index in [1.807, 2.05) is 30.3 Å². The van der Waals surface area contributed by atoms with Gasteiger partial charge in [-0.3, -0.25) is 14.5 Å². The van der Waals surface area contributed by atoms with Crippen LogP contribution in [0.25, 0.3) is 22.2 Å². The van der Waals surface area contributed by atoms with Crippen LogP contribution in [0.5, 0.6) is 0 Å². The molecule has 2 aliphatic heterocycles. The van der Waals surface area contributed by atoms with Crippen LogP contribution >= 0.6 is 0 Å². The first-order valence-corrected chi connectivity index (χ1v) is 13.9. The number of amides is 2. The molecule has 0 unspecified atom stereocenters. The van der Waals surface area contributed by atoms with Crippen LogP contribution in [0.4, 0.5) is 21.7 Å². The molecule has 4 N–H and O–H groups in total. The minimum atomic E-state index is -0.587. The van der Waals surface area contributed by atoms with Crippen molar-refractivity contribution in [3.8, 4) is 11.3 Å². The summed E-state index contributed by atoms with van der Waals surface area (Å²) >= 11 is 0. The molecule has 6 rings (SSSR count). The SMILES string of the molecule is COC[C@H](C(=O)Nc1cccc2c(-c3nc(Nc4ccc5c(c4)C(=O)NCC5)ncc3F)c[nH]c12)N1CCN(C)CC1. The van der Waals surface area contributed by atoms with Gasteiger partial charge in [-0.25, -0.2) is 14.4 Å². The van der Waals surface area contributed by atoms with E-state index in [0.29, 0.717) is 39.9 Å². The number of ether oxygens (including phenoxy) is 1. The summed E-state index contributed by atoms with van der Waals surface area (Å²) in [5.74, 6) is -0.685. The number of nitrogens with zero attached hydrogens (tertiary/aromatic N) is 4. The molecule has 4 heterocycles. The molecule has 2 amide bonds. The maximum Gasteiger partial charge on any atom is 0.251 e. The monoisotopic (exact) mass is 572 g/mol. The number of aromatic amines is 1. The first-order valence-electron chi connectivity index (χ1n) is 13.9. The van der Waals surface area contributed by atoms with Crippen LogP contribution in [-0.2, 0) is 16.0 Å². The Hall–Kier alpha value is -4.39. The molecule has 12 heteroatoms. The zero-order valence-electron chi connectivity index (χ0n) is 23.5. The van der Waals surface area contributed by atoms with Gasteiger partial charge in [0.1, 0.15) is 11.7 Å². The van der Waals surface area contributed by atoms with Gasteiger partial charge in [-0.05, 0) is 37.2 Å². The molecular weight excluding hydrogens is 539 g/mol. The lowest BCUT2D eigenvalue weighted by molar-refractivity contribution is -0.124. The molecule has 1 saturated heterocycles. The molecule has 0 saturated carbocycles. The lowest BCUT2D eigenvalue weighted by Crippen LogP contribution is -2.54. The highest BCUT2D eigenvalue weighted by molar-refractivity contribution is 6.06. The molecule has 0 bridgehead atoms. The van der Waals surface area contributed by atoms with E-state index in [0.717, 1.165) is 44.4 Å². The Bertz CT molecular complexity index is 1630. The van der Waals surface area contributed by atoms with Gasteiger partial charge >= 0.3 is 0 Å². The first kappa shape index (κ1) is 27.8. The number of carbonyl (C=O) groups is 2. The number of piperazine rings is 1. The van der Waals surface area contributed by atoms with Crippen LogP contribution in [-0.4, -0.2) is 96.1 Å². The zero-order chi connectivity index (χ0) is 29.2. The average molecular weight is 573 g/mol. The van der Waals surface area contributed by atoms with Gasteiger partial charge in [-0.1, -0.05) is 18.2 Å². The molecule has 2 aliphatic rings. The van der Waals surface area contributed by atoms with Crippen LogP contribution in [0.3, 0.4) is 0 Å². The zero-order valence-corrected chi connectivity index (χ0v) is 23.5. The summed E-state index contributed by atoms with van der Waals surface area (Å²) in [6, 6.07) is 10.5. The maximum absolute atomic E-state index is 15.1. The number of H-pyrrole nitrogens is 1. The number of benzene rings is 2. The third-order valence-corrected chi connectivity index (χ3v) is 7.87. The van der Waals surface area contributed by atoms with Gasteiger partial charge in [-0.2, -0.15) is 0 Å². The number of nitrogens with one attached hydrogen (secondary N) is 4. The van der Waals surface area contributed by atoms with Crippen molar-refractivity contribution in [3.63, 3.8) is 0 Å². The van der Waals surface area contributed by atoms with Gasteiger partial charge in [0, 0.05) is 68.2 Å². The van der Waals surface area contributed by atoms with Crippen molar-refractivity contribution < 1.29 is 18.7 Å². The number of fused-ring (bicyclic) bond motifs is 2. The molecular formula is C30H33FN8O3. The summed E-state index contributed by atoms with van der Waals surface area (Å²) in [4.78, 5) is 41.8. The highest BCUT2D eigenvalue weighted by Crippen LogP contribution is 2.33. The fraction of sp³-hybridized carbons (Fsp3) is 0.333. The maximum atomic E-state index is 15.1. The van der Waals surface area contributed by atoms with Crippen LogP contribution < -0.4 is 16.0 Å². The summed E-state index contributed by atoms with van der Waals surface area (Å²) < 4.78 is 20.5. The number of carbonyl (C=O) groups excluding carboxylic acids is 2. The Kier molecular flexibility index (Phi) is 7.83. The van der Waals surface area contributed by atoms with Crippen LogP contribution in [0.2, 0.25) is 0 Å². The van der Waals surface area contributed by atoms with E-state index < -0.39 is 11.9 Å². The van der Waals surface area contributed by atoms with E-state index in [9.17, 15) is 9.59 Å². The van der Waals surface area contributed by atoms with Gasteiger partial charge in [0.05, 0.1) is 24.0 Å². The number of aromatic nitrogens is 3. The third kappa shape index (κ3) is 5.56. The molecule has 42 heavy (non-hydrogen) atoms. The number of anilines is 3. The molecule has 0 aliphatic carbocycles. The van der Waals surface area contributed by atoms with E-state index in [4.69, 9.17) is 4.74 Å². The lowest BCUT2D eigenvalue weighted by atomic mass is 10.00. The van der Waals surface area contributed by atoms with Gasteiger partial charge in [0.25, 0.3) is 5.91 Å². The first-order chi connectivity index (χ1) is 20.4. The van der Waals surface area contributed by atoms with E-state index in [1.165, 1.54) is 0 Å². The number of likely N-dealkylation sites (N-methyl/N-ethyl adjacent to an activating group) is 1. The summed E-state index contributed by atoms with van der Waals surface area (Å²) in [6.07, 6.45) is 3.56. The fourth-order valence-electron chi connectivity index (χ4n) is 5.54. The van der Waals surface area contributed by atoms with E-state index >= 15 is 4.39 Å². The number of hydrogen-bond donors (Lipinski definition) is 4. The molecule has 11 nitrogen and oxygen atoms in total. The van der Waals surface area contributed by atoms with E-state index in [1.54, 1.807) is 19.4 Å². The number of hydrogen-bond acceptors (Lipinski definition) is 8. The van der Waals surface area contributed by atoms with Gasteiger partial charge in [0.15, 0.2) is 5.82 Å². The number of rotatable bonds is 8. The lowest BCUT2D eigenvalue weighted by Gasteiger charge is -2.36. The average Bonchev–Trinajstić information content (AvgIpc) is 3.43. The molecule has 4 aromatic rings. The van der Waals surface area contributed by atoms with Crippen molar-refractivity contribution in [1.82, 2.24) is 30.1 Å². The molecule has 1 atom stereocenters. The number of methoxy groups -OCH3 is 1. The Balaban J connectivity index is 1.25. The third-order valence-electron chi connectivity index (χ3n) is 7.87. The molecule has 0 radical (unpaired) electrons. The Labute approximate surface area is 242 Å². The summed E-state index contributed by atoms with van der Waals surface area (Å²) in [5.41, 5.74) is 4.07. The Morgan fingerprint density at radius 3 is 2.81 bits per heavy atom. The minimum Gasteiger partial charge on any atom is -0.383 e. The van der Waals surface area contributed by atoms with Crippen LogP contribution in [0.15, 0.2) is 48.8 Å². The quantitative estimate of drug-likeness (QED) is 0.254. The molecule has 2 aromatic heterocycles. The predicted molar refractivity (Wildman–Crippen MR) is 158 cm³/mol. The molecule has 1 fully saturated rings. The second-order valence-corrected chi connectivity index (χ2v) is 10.6. The van der Waals surface area contributed by atoms with Crippen LogP contribution in [0, 0.1) is 5.82 Å². The van der Waals surface area contributed by atoms with Crippen molar-refractivity contribution in [3.05, 3.63) is 65.7 Å². The van der Waals surface area contributed by atoms with E-state index in [-0.39, 0.29) is 30.1 Å². The Morgan fingerprint density at radius 1 is 1.17 bits per heavy atom. The summed E-state index contributed by atoms with van der Waals surface area (Å²) in [5, 5.41) is 9.69. The van der Waals surface area contributed by atoms with Crippen molar-refractivity contribution in [1.29, 1.82) is 0 Å². The Morgan fingerprint density at radius 2 is 2.00 bits per heavy atom. The molecule has 0 spiro atoms. The summed E-state index contributed by atoms with van der Waals surface area (Å²) in [7, 11) is 3.66. The second-order valence-electron chi connectivity index (χ2n) is 10.6. The van der Waals surface area contributed by atoms with Gasteiger partial charge in [-0.15, -0.1) is 0 Å². The summed E-state index contributed by atoms with van der Waals surface area (Å²) in [6.45, 7) is 4.20. The molecule has 218 valence electrons. The molecule has 2 aromatic carbocycles. The minimum absolute atomic E-state index is 0.104. The smallest absolute Gasteiger partial charge is 0.251 e. The largest absolute Gasteiger partial charge is 0.383 e. The van der Waals surface area contributed by atoms with Gasteiger partial charge < -0.3 is 30.6 Å². The topological polar surface area (TPSA) is 128 Å². The van der Waals surface area contributed by atoms with Crippen molar-refractivity contribution in [2.24, 2.45) is 0 Å². The normalized spacial score (nSPS) is 16.6. The number of halogens is 1. The highest BCUT2D eigenvalue weighted by atomic mass is 19.1. The standard InChI is InChI=1S/C30H33FN8O3/c1-38-10-12-39(13-11-38)25(17-42-2)29(41)36-24-5-3-4-20-22(15-33-27(20)24)26-23(31)16-34-30(37-26)35-19-7-6-18-8-9-32-28(40)21(18)14-19/h3-7,14-16,25,33H,8-13,17H2,1-2H3,(H,32,40)(H,36,41)(H,34,35,37)/t25-/m1/s1. The van der Waals surface area contributed by atoms with Crippen LogP contribution in [0.1, 0.15) is 15.9 Å². The second kappa shape index (κ2) is 11.8. The van der Waals surface area contributed by atoms with Crippen molar-refractivity contribution in [2.75, 3.05) is 64.1 Å². The predicted octanol–water partition coefficient (Wildman–Crippen LogP) is 2.99. The highest BCUT2D eigenvalue weighted by Gasteiger charge is 2.29. The fourth-order valence-corrected chi connectivity index (χ4v) is 5.54. The van der Waals surface area contributed by atoms with Gasteiger partial charge in [0.2, 0.25) is 11.9 Å². The number of para-hydroxylation sites is 1. The van der Waals surface area contributed by atoms with Crippen molar-refractivity contribution in [2.45, 2.75) is 12.5 Å². The van der Waals surface area contributed by atoms with E-state index in [2.05, 4.69) is 47.7 Å².